The van der Waals surface area contributed by atoms with Crippen LogP contribution in [0.15, 0.2) is 30.3 Å². The number of carbonyl (C=O) groups is 2. The number of nitrogens with zero attached hydrogens (tertiary/aromatic N) is 2. The second kappa shape index (κ2) is 8.59. The second-order valence-electron chi connectivity index (χ2n) is 5.71. The van der Waals surface area contributed by atoms with Crippen molar-refractivity contribution in [3.63, 3.8) is 0 Å². The molecule has 1 aliphatic rings. The van der Waals surface area contributed by atoms with Crippen LogP contribution in [0.1, 0.15) is 24.1 Å². The molecule has 2 aromatic rings. The van der Waals surface area contributed by atoms with Gasteiger partial charge in [0.2, 0.25) is 5.91 Å². The number of aromatic nitrogens is 1. The number of anilines is 1. The van der Waals surface area contributed by atoms with Crippen LogP contribution in [-0.2, 0) is 9.59 Å². The Balaban J connectivity index is 0.00000225. The minimum absolute atomic E-state index is 0. The zero-order chi connectivity index (χ0) is 17.1. The van der Waals surface area contributed by atoms with Gasteiger partial charge in [-0.2, -0.15) is 5.26 Å². The van der Waals surface area contributed by atoms with Gasteiger partial charge in [-0.15, -0.1) is 0 Å². The molecule has 124 valence electrons. The number of hydrogen-bond donors (Lipinski definition) is 2. The number of nitriles is 1. The van der Waals surface area contributed by atoms with Gasteiger partial charge in [-0.1, -0.05) is 41.7 Å². The molecule has 2 N–H and O–H groups in total. The number of carboxylic acids is 1. The first kappa shape index (κ1) is 19.6. The Kier molecular flexibility index (Phi) is 6.73. The molecular formula is C17H16N3NaO3S. The molecular weight excluding hydrogens is 349 g/mol. The summed E-state index contributed by atoms with van der Waals surface area (Å²) in [6, 6.07) is 11.4. The second-order valence-corrected chi connectivity index (χ2v) is 6.71. The van der Waals surface area contributed by atoms with Crippen molar-refractivity contribution in [3.8, 4) is 17.3 Å². The molecule has 1 aliphatic carbocycles. The zero-order valence-corrected chi connectivity index (χ0v) is 13.5. The van der Waals surface area contributed by atoms with E-state index in [4.69, 9.17) is 5.11 Å². The van der Waals surface area contributed by atoms with Crippen LogP contribution in [0.4, 0.5) is 5.13 Å². The van der Waals surface area contributed by atoms with Crippen molar-refractivity contribution in [2.45, 2.75) is 19.3 Å². The fourth-order valence-corrected chi connectivity index (χ4v) is 3.68. The summed E-state index contributed by atoms with van der Waals surface area (Å²) in [6.07, 6.45) is 1.43. The molecule has 1 aromatic heterocycles. The Hall–Kier alpha value is -1.72. The van der Waals surface area contributed by atoms with Gasteiger partial charge in [0.25, 0.3) is 0 Å². The number of rotatable bonds is 4. The number of aliphatic carboxylic acids is 1. The van der Waals surface area contributed by atoms with E-state index in [1.807, 2.05) is 30.3 Å². The van der Waals surface area contributed by atoms with Crippen molar-refractivity contribution >= 4 is 57.9 Å². The number of benzene rings is 1. The summed E-state index contributed by atoms with van der Waals surface area (Å²) in [6.45, 7) is 0. The Morgan fingerprint density at radius 3 is 2.52 bits per heavy atom. The summed E-state index contributed by atoms with van der Waals surface area (Å²) in [5.74, 6) is -1.85. The van der Waals surface area contributed by atoms with Crippen molar-refractivity contribution in [3.05, 3.63) is 35.2 Å². The number of thiazole rings is 1. The molecule has 1 amide bonds. The maximum atomic E-state index is 12.3. The van der Waals surface area contributed by atoms with Gasteiger partial charge in [-0.05, 0) is 19.3 Å². The topological polar surface area (TPSA) is 103 Å². The Labute approximate surface area is 171 Å². The molecule has 1 heterocycles. The summed E-state index contributed by atoms with van der Waals surface area (Å²) in [5.41, 5.74) is 1.37. The monoisotopic (exact) mass is 365 g/mol. The molecule has 0 aliphatic heterocycles. The molecule has 0 spiro atoms. The van der Waals surface area contributed by atoms with Gasteiger partial charge in [0, 0.05) is 11.5 Å². The summed E-state index contributed by atoms with van der Waals surface area (Å²) >= 11 is 1.13. The standard InChI is InChI=1S/C17H15N3O3S.Na.H/c18-9-13-14(10-4-2-1-3-5-10)19-17(24-13)20-15(21)11-6-7-12(8-11)16(22)23;;/h1-5,11-12H,6-8H2,(H,22,23)(H,19,20,21);;/t11-,12+;;/m0../s1. The summed E-state index contributed by atoms with van der Waals surface area (Å²) in [5, 5.41) is 21.4. The van der Waals surface area contributed by atoms with Gasteiger partial charge in [-0.3, -0.25) is 9.59 Å². The van der Waals surface area contributed by atoms with Crippen molar-refractivity contribution < 1.29 is 14.7 Å². The quantitative estimate of drug-likeness (QED) is 0.810. The van der Waals surface area contributed by atoms with E-state index >= 15 is 0 Å². The zero-order valence-electron chi connectivity index (χ0n) is 12.7. The average molecular weight is 365 g/mol. The molecule has 8 heteroatoms. The summed E-state index contributed by atoms with van der Waals surface area (Å²) < 4.78 is 0. The molecule has 1 aromatic carbocycles. The van der Waals surface area contributed by atoms with Crippen LogP contribution in [-0.4, -0.2) is 51.5 Å². The first-order valence-electron chi connectivity index (χ1n) is 7.58. The first-order valence-corrected chi connectivity index (χ1v) is 8.40. The van der Waals surface area contributed by atoms with Gasteiger partial charge in [0.05, 0.1) is 5.92 Å². The van der Waals surface area contributed by atoms with Crippen LogP contribution in [0.3, 0.4) is 0 Å². The Morgan fingerprint density at radius 1 is 1.24 bits per heavy atom. The van der Waals surface area contributed by atoms with Crippen molar-refractivity contribution in [2.24, 2.45) is 11.8 Å². The van der Waals surface area contributed by atoms with Crippen molar-refractivity contribution in [1.29, 1.82) is 5.26 Å². The van der Waals surface area contributed by atoms with Gasteiger partial charge in [0.15, 0.2) is 5.13 Å². The van der Waals surface area contributed by atoms with E-state index in [0.29, 0.717) is 35.0 Å². The summed E-state index contributed by atoms with van der Waals surface area (Å²) in [4.78, 5) is 28.1. The van der Waals surface area contributed by atoms with E-state index in [9.17, 15) is 14.9 Å². The van der Waals surface area contributed by atoms with E-state index in [2.05, 4.69) is 16.4 Å². The molecule has 0 saturated heterocycles. The molecule has 0 bridgehead atoms. The van der Waals surface area contributed by atoms with Crippen LogP contribution in [0.2, 0.25) is 0 Å². The summed E-state index contributed by atoms with van der Waals surface area (Å²) in [7, 11) is 0. The SMILES string of the molecule is N#Cc1sc(NC(=O)[C@H]2CC[C@@H](C(=O)O)C2)nc1-c1ccccc1.[NaH]. The van der Waals surface area contributed by atoms with Crippen LogP contribution in [0.25, 0.3) is 11.3 Å². The van der Waals surface area contributed by atoms with Crippen molar-refractivity contribution in [1.82, 2.24) is 4.98 Å². The van der Waals surface area contributed by atoms with Gasteiger partial charge in [0.1, 0.15) is 16.6 Å². The predicted molar refractivity (Wildman–Crippen MR) is 96.5 cm³/mol. The first-order chi connectivity index (χ1) is 11.6. The third-order valence-electron chi connectivity index (χ3n) is 4.16. The fraction of sp³-hybridized carbons (Fsp3) is 0.294. The molecule has 0 unspecified atom stereocenters. The van der Waals surface area contributed by atoms with Crippen LogP contribution in [0.5, 0.6) is 0 Å². The van der Waals surface area contributed by atoms with Crippen LogP contribution < -0.4 is 5.32 Å². The number of amides is 1. The molecule has 6 nitrogen and oxygen atoms in total. The average Bonchev–Trinajstić information content (AvgIpc) is 3.22. The molecule has 25 heavy (non-hydrogen) atoms. The van der Waals surface area contributed by atoms with E-state index in [1.165, 1.54) is 0 Å². The third-order valence-corrected chi connectivity index (χ3v) is 5.03. The van der Waals surface area contributed by atoms with E-state index in [-0.39, 0.29) is 41.4 Å². The molecule has 2 atom stereocenters. The third kappa shape index (κ3) is 4.47. The normalized spacial score (nSPS) is 18.8. The van der Waals surface area contributed by atoms with E-state index in [1.54, 1.807) is 0 Å². The van der Waals surface area contributed by atoms with Crippen LogP contribution in [0, 0.1) is 23.2 Å². The molecule has 3 rings (SSSR count). The Bertz CT molecular complexity index is 816. The molecule has 1 saturated carbocycles. The number of hydrogen-bond acceptors (Lipinski definition) is 5. The van der Waals surface area contributed by atoms with E-state index in [0.717, 1.165) is 16.9 Å². The van der Waals surface area contributed by atoms with E-state index < -0.39 is 11.9 Å². The Morgan fingerprint density at radius 2 is 1.92 bits per heavy atom. The van der Waals surface area contributed by atoms with Crippen LogP contribution >= 0.6 is 11.3 Å². The predicted octanol–water partition coefficient (Wildman–Crippen LogP) is 2.47. The fourth-order valence-electron chi connectivity index (χ4n) is 2.89. The number of carboxylic acid groups (broad SMARTS) is 1. The number of nitrogens with one attached hydrogen (secondary N) is 1. The molecule has 0 radical (unpaired) electrons. The maximum absolute atomic E-state index is 12.3. The van der Waals surface area contributed by atoms with Gasteiger partial charge in [-0.25, -0.2) is 4.98 Å². The number of carbonyl (C=O) groups excluding carboxylic acids is 1. The minimum atomic E-state index is -0.849. The van der Waals surface area contributed by atoms with Gasteiger partial charge >= 0.3 is 35.5 Å². The van der Waals surface area contributed by atoms with Gasteiger partial charge < -0.3 is 10.4 Å². The molecule has 1 fully saturated rings. The van der Waals surface area contributed by atoms with Crippen molar-refractivity contribution in [2.75, 3.05) is 5.32 Å².